The van der Waals surface area contributed by atoms with Gasteiger partial charge in [0.1, 0.15) is 5.82 Å². The van der Waals surface area contributed by atoms with Crippen LogP contribution >= 0.6 is 11.6 Å². The number of oxime groups is 1. The van der Waals surface area contributed by atoms with Crippen molar-refractivity contribution in [3.8, 4) is 0 Å². The number of nitrogens with two attached hydrogens (primary N) is 1. The number of hydrogen-bond donors (Lipinski definition) is 2. The van der Waals surface area contributed by atoms with E-state index >= 15 is 0 Å². The van der Waals surface area contributed by atoms with Gasteiger partial charge in [-0.25, -0.2) is 4.39 Å². The van der Waals surface area contributed by atoms with Gasteiger partial charge in [0.25, 0.3) is 5.91 Å². The van der Waals surface area contributed by atoms with Crippen LogP contribution in [0.15, 0.2) is 23.4 Å². The number of rotatable bonds is 3. The first kappa shape index (κ1) is 14.2. The van der Waals surface area contributed by atoms with Crippen LogP contribution in [-0.2, 0) is 0 Å². The topological polar surface area (TPSA) is 78.9 Å². The number of hydrogen-bond acceptors (Lipinski definition) is 3. The summed E-state index contributed by atoms with van der Waals surface area (Å²) in [5.74, 6) is -1.08. The summed E-state index contributed by atoms with van der Waals surface area (Å²) in [7, 11) is 1.48. The van der Waals surface area contributed by atoms with Crippen LogP contribution in [0.1, 0.15) is 17.3 Å². The molecule has 7 heteroatoms. The maximum Gasteiger partial charge on any atom is 0.255 e. The quantitative estimate of drug-likeness (QED) is 0.381. The highest BCUT2D eigenvalue weighted by Gasteiger charge is 2.22. The SMILES string of the molecule is CC(C(N)=NO)N(C)C(=O)c1ccc(F)cc1Cl. The molecule has 18 heavy (non-hydrogen) atoms. The maximum absolute atomic E-state index is 12.9. The van der Waals surface area contributed by atoms with Crippen LogP contribution in [0.3, 0.4) is 0 Å². The Labute approximate surface area is 109 Å². The second-order valence-electron chi connectivity index (χ2n) is 3.74. The summed E-state index contributed by atoms with van der Waals surface area (Å²) in [6.45, 7) is 1.59. The van der Waals surface area contributed by atoms with Gasteiger partial charge in [0.2, 0.25) is 0 Å². The number of carbonyl (C=O) groups is 1. The number of halogens is 2. The summed E-state index contributed by atoms with van der Waals surface area (Å²) in [4.78, 5) is 13.3. The van der Waals surface area contributed by atoms with Crippen molar-refractivity contribution in [1.29, 1.82) is 0 Å². The third-order valence-corrected chi connectivity index (χ3v) is 2.92. The summed E-state index contributed by atoms with van der Waals surface area (Å²) >= 11 is 5.79. The number of likely N-dealkylation sites (N-methyl/N-ethyl adjacent to an activating group) is 1. The molecule has 0 fully saturated rings. The van der Waals surface area contributed by atoms with E-state index in [-0.39, 0.29) is 16.4 Å². The zero-order valence-electron chi connectivity index (χ0n) is 9.89. The first-order valence-electron chi connectivity index (χ1n) is 5.08. The molecule has 1 aromatic rings. The van der Waals surface area contributed by atoms with Gasteiger partial charge in [0.15, 0.2) is 5.84 Å². The highest BCUT2D eigenvalue weighted by molar-refractivity contribution is 6.33. The molecule has 0 aliphatic heterocycles. The van der Waals surface area contributed by atoms with Crippen molar-refractivity contribution in [1.82, 2.24) is 4.90 Å². The third kappa shape index (κ3) is 2.89. The molecule has 0 aromatic heterocycles. The van der Waals surface area contributed by atoms with Crippen molar-refractivity contribution in [3.05, 3.63) is 34.6 Å². The van der Waals surface area contributed by atoms with Crippen LogP contribution in [0.5, 0.6) is 0 Å². The van der Waals surface area contributed by atoms with E-state index in [1.807, 2.05) is 0 Å². The first-order chi connectivity index (χ1) is 8.38. The lowest BCUT2D eigenvalue weighted by Crippen LogP contribution is -2.43. The molecule has 0 saturated carbocycles. The highest BCUT2D eigenvalue weighted by atomic mass is 35.5. The van der Waals surface area contributed by atoms with Gasteiger partial charge in [-0.3, -0.25) is 4.79 Å². The van der Waals surface area contributed by atoms with Gasteiger partial charge in [0.05, 0.1) is 16.6 Å². The van der Waals surface area contributed by atoms with Crippen LogP contribution in [0.2, 0.25) is 5.02 Å². The molecule has 0 saturated heterocycles. The molecule has 98 valence electrons. The van der Waals surface area contributed by atoms with E-state index in [1.54, 1.807) is 6.92 Å². The molecular formula is C11H13ClFN3O2. The standard InChI is InChI=1S/C11H13ClFN3O2/c1-6(10(14)15-18)16(2)11(17)8-4-3-7(13)5-9(8)12/h3-6,18H,1-2H3,(H2,14,15). The summed E-state index contributed by atoms with van der Waals surface area (Å²) in [6.07, 6.45) is 0. The van der Waals surface area contributed by atoms with Crippen LogP contribution in [0.25, 0.3) is 0 Å². The van der Waals surface area contributed by atoms with E-state index < -0.39 is 17.8 Å². The number of benzene rings is 1. The zero-order valence-corrected chi connectivity index (χ0v) is 10.6. The fourth-order valence-electron chi connectivity index (χ4n) is 1.31. The smallest absolute Gasteiger partial charge is 0.255 e. The van der Waals surface area contributed by atoms with E-state index in [1.165, 1.54) is 18.0 Å². The molecule has 0 aliphatic rings. The summed E-state index contributed by atoms with van der Waals surface area (Å²) in [5, 5.41) is 11.4. The number of amides is 1. The van der Waals surface area contributed by atoms with Gasteiger partial charge in [-0.05, 0) is 25.1 Å². The molecule has 1 amide bonds. The molecule has 0 radical (unpaired) electrons. The van der Waals surface area contributed by atoms with Gasteiger partial charge in [0, 0.05) is 7.05 Å². The average Bonchev–Trinajstić information content (AvgIpc) is 2.35. The van der Waals surface area contributed by atoms with Gasteiger partial charge in [-0.1, -0.05) is 16.8 Å². The molecule has 5 nitrogen and oxygen atoms in total. The Morgan fingerprint density at radius 3 is 2.72 bits per heavy atom. The largest absolute Gasteiger partial charge is 0.409 e. The van der Waals surface area contributed by atoms with Crippen LogP contribution in [0.4, 0.5) is 4.39 Å². The number of carbonyl (C=O) groups excluding carboxylic acids is 1. The van der Waals surface area contributed by atoms with E-state index in [0.29, 0.717) is 0 Å². The first-order valence-corrected chi connectivity index (χ1v) is 5.46. The van der Waals surface area contributed by atoms with Crippen molar-refractivity contribution in [2.45, 2.75) is 13.0 Å². The number of nitrogens with zero attached hydrogens (tertiary/aromatic N) is 2. The molecule has 0 heterocycles. The Kier molecular flexibility index (Phi) is 4.49. The monoisotopic (exact) mass is 273 g/mol. The van der Waals surface area contributed by atoms with Crippen molar-refractivity contribution in [2.75, 3.05) is 7.05 Å². The average molecular weight is 274 g/mol. The van der Waals surface area contributed by atoms with Crippen molar-refractivity contribution in [2.24, 2.45) is 10.9 Å². The normalized spacial score (nSPS) is 13.2. The lowest BCUT2D eigenvalue weighted by atomic mass is 10.1. The fraction of sp³-hybridized carbons (Fsp3) is 0.273. The van der Waals surface area contributed by atoms with Crippen molar-refractivity contribution in [3.63, 3.8) is 0 Å². The Bertz CT molecular complexity index is 493. The summed E-state index contributed by atoms with van der Waals surface area (Å²) in [5.41, 5.74) is 5.56. The predicted octanol–water partition coefficient (Wildman–Crippen LogP) is 1.69. The van der Waals surface area contributed by atoms with E-state index in [4.69, 9.17) is 22.5 Å². The highest BCUT2D eigenvalue weighted by Crippen LogP contribution is 2.19. The Morgan fingerprint density at radius 1 is 1.61 bits per heavy atom. The van der Waals surface area contributed by atoms with Crippen LogP contribution in [-0.4, -0.2) is 34.9 Å². The number of amidine groups is 1. The summed E-state index contributed by atoms with van der Waals surface area (Å²) < 4.78 is 12.9. The minimum Gasteiger partial charge on any atom is -0.409 e. The van der Waals surface area contributed by atoms with E-state index in [9.17, 15) is 9.18 Å². The molecular weight excluding hydrogens is 261 g/mol. The lowest BCUT2D eigenvalue weighted by Gasteiger charge is -2.24. The van der Waals surface area contributed by atoms with E-state index in [2.05, 4.69) is 5.16 Å². The zero-order chi connectivity index (χ0) is 13.9. The van der Waals surface area contributed by atoms with Gasteiger partial charge >= 0.3 is 0 Å². The molecule has 0 spiro atoms. The van der Waals surface area contributed by atoms with Crippen molar-refractivity contribution >= 4 is 23.3 Å². The molecule has 1 rings (SSSR count). The molecule has 1 aromatic carbocycles. The molecule has 1 atom stereocenters. The van der Waals surface area contributed by atoms with Crippen LogP contribution in [0, 0.1) is 5.82 Å². The fourth-order valence-corrected chi connectivity index (χ4v) is 1.56. The Balaban J connectivity index is 3.00. The van der Waals surface area contributed by atoms with Crippen LogP contribution < -0.4 is 5.73 Å². The second kappa shape index (κ2) is 5.68. The summed E-state index contributed by atoms with van der Waals surface area (Å²) in [6, 6.07) is 2.87. The molecule has 0 bridgehead atoms. The second-order valence-corrected chi connectivity index (χ2v) is 4.15. The maximum atomic E-state index is 12.9. The Hall–Kier alpha value is -1.82. The molecule has 1 unspecified atom stereocenters. The third-order valence-electron chi connectivity index (χ3n) is 2.61. The van der Waals surface area contributed by atoms with Gasteiger partial charge < -0.3 is 15.8 Å². The van der Waals surface area contributed by atoms with E-state index in [0.717, 1.165) is 12.1 Å². The predicted molar refractivity (Wildman–Crippen MR) is 66.4 cm³/mol. The van der Waals surface area contributed by atoms with Gasteiger partial charge in [-0.15, -0.1) is 0 Å². The molecule has 0 aliphatic carbocycles. The van der Waals surface area contributed by atoms with Gasteiger partial charge in [-0.2, -0.15) is 0 Å². The lowest BCUT2D eigenvalue weighted by molar-refractivity contribution is 0.0776. The van der Waals surface area contributed by atoms with Crippen molar-refractivity contribution < 1.29 is 14.4 Å². The Morgan fingerprint density at radius 2 is 2.22 bits per heavy atom. The minimum atomic E-state index is -0.608. The minimum absolute atomic E-state index is 0.0126. The molecule has 3 N–H and O–H groups in total.